The maximum absolute atomic E-state index is 10.9. The Morgan fingerprint density at radius 3 is 2.90 bits per heavy atom. The topological polar surface area (TPSA) is 37.3 Å². The molecule has 1 rings (SSSR count). The molecule has 1 aliphatic rings. The molecule has 2 nitrogen and oxygen atoms in total. The Labute approximate surface area is 60.6 Å². The van der Waals surface area contributed by atoms with Crippen molar-refractivity contribution in [2.75, 3.05) is 0 Å². The standard InChI is InChI=1S/C8H12O2/c9-7-5-3-1-2-4-6-8(7)10/h1-2,7,9H,3-6H2. The van der Waals surface area contributed by atoms with Gasteiger partial charge in [0.05, 0.1) is 0 Å². The zero-order valence-corrected chi connectivity index (χ0v) is 5.92. The lowest BCUT2D eigenvalue weighted by atomic mass is 10.0. The first-order valence-electron chi connectivity index (χ1n) is 3.66. The molecule has 1 atom stereocenters. The second kappa shape index (κ2) is 3.52. The molecule has 2 heteroatoms. The minimum atomic E-state index is -0.704. The van der Waals surface area contributed by atoms with Gasteiger partial charge in [-0.1, -0.05) is 12.2 Å². The maximum atomic E-state index is 10.9. The van der Waals surface area contributed by atoms with Crippen LogP contribution < -0.4 is 0 Å². The van der Waals surface area contributed by atoms with E-state index >= 15 is 0 Å². The van der Waals surface area contributed by atoms with Gasteiger partial charge in [-0.2, -0.15) is 0 Å². The first kappa shape index (κ1) is 7.48. The third-order valence-electron chi connectivity index (χ3n) is 1.70. The molecule has 56 valence electrons. The van der Waals surface area contributed by atoms with Crippen molar-refractivity contribution in [3.8, 4) is 0 Å². The molecule has 0 fully saturated rings. The van der Waals surface area contributed by atoms with Gasteiger partial charge >= 0.3 is 0 Å². The summed E-state index contributed by atoms with van der Waals surface area (Å²) in [5.74, 6) is -0.00986. The van der Waals surface area contributed by atoms with Crippen molar-refractivity contribution >= 4 is 5.78 Å². The predicted octanol–water partition coefficient (Wildman–Crippen LogP) is 1.05. The van der Waals surface area contributed by atoms with E-state index in [2.05, 4.69) is 0 Å². The van der Waals surface area contributed by atoms with Crippen molar-refractivity contribution in [1.82, 2.24) is 0 Å². The maximum Gasteiger partial charge on any atom is 0.161 e. The number of hydrogen-bond donors (Lipinski definition) is 1. The van der Waals surface area contributed by atoms with E-state index in [-0.39, 0.29) is 5.78 Å². The van der Waals surface area contributed by atoms with Crippen molar-refractivity contribution in [2.45, 2.75) is 31.8 Å². The molecule has 1 unspecified atom stereocenters. The van der Waals surface area contributed by atoms with Gasteiger partial charge in [-0.3, -0.25) is 4.79 Å². The lowest BCUT2D eigenvalue weighted by molar-refractivity contribution is -0.127. The monoisotopic (exact) mass is 140 g/mol. The number of rotatable bonds is 0. The summed E-state index contributed by atoms with van der Waals surface area (Å²) in [6, 6.07) is 0. The Hall–Kier alpha value is -0.630. The van der Waals surface area contributed by atoms with Crippen LogP contribution in [0.4, 0.5) is 0 Å². The van der Waals surface area contributed by atoms with Crippen LogP contribution in [0.2, 0.25) is 0 Å². The summed E-state index contributed by atoms with van der Waals surface area (Å²) in [6.45, 7) is 0. The van der Waals surface area contributed by atoms with E-state index in [1.807, 2.05) is 12.2 Å². The van der Waals surface area contributed by atoms with Gasteiger partial charge in [0, 0.05) is 6.42 Å². The predicted molar refractivity (Wildman–Crippen MR) is 38.6 cm³/mol. The Morgan fingerprint density at radius 1 is 1.40 bits per heavy atom. The van der Waals surface area contributed by atoms with Crippen LogP contribution in [0, 0.1) is 0 Å². The molecule has 1 aliphatic carbocycles. The van der Waals surface area contributed by atoms with Gasteiger partial charge in [0.1, 0.15) is 6.10 Å². The molecule has 0 aliphatic heterocycles. The second-order valence-corrected chi connectivity index (χ2v) is 2.57. The van der Waals surface area contributed by atoms with Crippen molar-refractivity contribution in [3.63, 3.8) is 0 Å². The first-order chi connectivity index (χ1) is 4.80. The van der Waals surface area contributed by atoms with Crippen LogP contribution in [0.15, 0.2) is 12.2 Å². The Kier molecular flexibility index (Phi) is 2.63. The van der Waals surface area contributed by atoms with Gasteiger partial charge in [0.25, 0.3) is 0 Å². The number of allylic oxidation sites excluding steroid dienone is 2. The fraction of sp³-hybridized carbons (Fsp3) is 0.625. The van der Waals surface area contributed by atoms with E-state index < -0.39 is 6.10 Å². The molecule has 0 amide bonds. The number of Topliss-reactive ketones (excluding diaryl/α,β-unsaturated/α-hetero) is 1. The quantitative estimate of drug-likeness (QED) is 0.510. The van der Waals surface area contributed by atoms with Crippen molar-refractivity contribution in [1.29, 1.82) is 0 Å². The summed E-state index contributed by atoms with van der Waals surface area (Å²) >= 11 is 0. The third-order valence-corrected chi connectivity index (χ3v) is 1.70. The summed E-state index contributed by atoms with van der Waals surface area (Å²) in [5, 5.41) is 9.10. The van der Waals surface area contributed by atoms with E-state index in [0.717, 1.165) is 12.8 Å². The minimum Gasteiger partial charge on any atom is -0.385 e. The highest BCUT2D eigenvalue weighted by atomic mass is 16.3. The van der Waals surface area contributed by atoms with Crippen molar-refractivity contribution in [2.24, 2.45) is 0 Å². The summed E-state index contributed by atoms with van der Waals surface area (Å²) in [6.07, 6.45) is 6.03. The SMILES string of the molecule is O=C1CCC=CCCC1O. The van der Waals surface area contributed by atoms with Crippen LogP contribution >= 0.6 is 0 Å². The van der Waals surface area contributed by atoms with Crippen LogP contribution in [0.3, 0.4) is 0 Å². The number of aliphatic hydroxyl groups excluding tert-OH is 1. The highest BCUT2D eigenvalue weighted by Crippen LogP contribution is 2.08. The number of aliphatic hydroxyl groups is 1. The molecule has 0 aromatic rings. The molecule has 0 aromatic carbocycles. The Morgan fingerprint density at radius 2 is 2.10 bits per heavy atom. The largest absolute Gasteiger partial charge is 0.385 e. The molecule has 10 heavy (non-hydrogen) atoms. The third kappa shape index (κ3) is 1.95. The van der Waals surface area contributed by atoms with Crippen LogP contribution in [-0.4, -0.2) is 17.0 Å². The molecule has 1 N–H and O–H groups in total. The summed E-state index contributed by atoms with van der Waals surface area (Å²) in [4.78, 5) is 10.9. The lowest BCUT2D eigenvalue weighted by Gasteiger charge is -2.08. The van der Waals surface area contributed by atoms with Gasteiger partial charge < -0.3 is 5.11 Å². The van der Waals surface area contributed by atoms with Crippen molar-refractivity contribution < 1.29 is 9.90 Å². The van der Waals surface area contributed by atoms with Crippen molar-refractivity contribution in [3.05, 3.63) is 12.2 Å². The van der Waals surface area contributed by atoms with E-state index in [1.165, 1.54) is 0 Å². The van der Waals surface area contributed by atoms with Gasteiger partial charge in [-0.05, 0) is 19.3 Å². The Balaban J connectivity index is 2.48. The average Bonchev–Trinajstić information content (AvgIpc) is 1.92. The Bertz CT molecular complexity index is 149. The number of ketones is 1. The van der Waals surface area contributed by atoms with E-state index in [0.29, 0.717) is 12.8 Å². The zero-order valence-electron chi connectivity index (χ0n) is 5.92. The summed E-state index contributed by atoms with van der Waals surface area (Å²) in [5.41, 5.74) is 0. The smallest absolute Gasteiger partial charge is 0.161 e. The van der Waals surface area contributed by atoms with Crippen LogP contribution in [-0.2, 0) is 4.79 Å². The normalized spacial score (nSPS) is 27.7. The summed E-state index contributed by atoms with van der Waals surface area (Å²) in [7, 11) is 0. The number of carbonyl (C=O) groups excluding carboxylic acids is 1. The second-order valence-electron chi connectivity index (χ2n) is 2.57. The zero-order chi connectivity index (χ0) is 7.40. The molecule has 0 bridgehead atoms. The molecule has 0 radical (unpaired) electrons. The van der Waals surface area contributed by atoms with Gasteiger partial charge in [0.2, 0.25) is 0 Å². The molecule has 0 heterocycles. The molecular weight excluding hydrogens is 128 g/mol. The number of carbonyl (C=O) groups is 1. The van der Waals surface area contributed by atoms with Crippen LogP contribution in [0.1, 0.15) is 25.7 Å². The first-order valence-corrected chi connectivity index (χ1v) is 3.66. The fourth-order valence-corrected chi connectivity index (χ4v) is 1.04. The minimum absolute atomic E-state index is 0.00986. The van der Waals surface area contributed by atoms with E-state index in [4.69, 9.17) is 5.11 Å². The summed E-state index contributed by atoms with van der Waals surface area (Å²) < 4.78 is 0. The fourth-order valence-electron chi connectivity index (χ4n) is 1.04. The van der Waals surface area contributed by atoms with Gasteiger partial charge in [-0.25, -0.2) is 0 Å². The van der Waals surface area contributed by atoms with Crippen LogP contribution in [0.25, 0.3) is 0 Å². The molecule has 0 saturated heterocycles. The van der Waals surface area contributed by atoms with Crippen LogP contribution in [0.5, 0.6) is 0 Å². The highest BCUT2D eigenvalue weighted by Gasteiger charge is 2.13. The lowest BCUT2D eigenvalue weighted by Crippen LogP contribution is -2.20. The van der Waals surface area contributed by atoms with Gasteiger partial charge in [0.15, 0.2) is 5.78 Å². The molecular formula is C8H12O2. The van der Waals surface area contributed by atoms with E-state index in [9.17, 15) is 4.79 Å². The molecule has 0 aromatic heterocycles. The van der Waals surface area contributed by atoms with Gasteiger partial charge in [-0.15, -0.1) is 0 Å². The number of hydrogen-bond acceptors (Lipinski definition) is 2. The highest BCUT2D eigenvalue weighted by molar-refractivity contribution is 5.82. The molecule has 0 spiro atoms. The molecule has 0 saturated carbocycles. The van der Waals surface area contributed by atoms with E-state index in [1.54, 1.807) is 0 Å². The average molecular weight is 140 g/mol.